The molecule has 1 heterocycles. The van der Waals surface area contributed by atoms with Crippen LogP contribution in [0.25, 0.3) is 0 Å². The van der Waals surface area contributed by atoms with Gasteiger partial charge in [0.25, 0.3) is 0 Å². The van der Waals surface area contributed by atoms with Crippen molar-refractivity contribution in [3.05, 3.63) is 0 Å². The van der Waals surface area contributed by atoms with E-state index in [9.17, 15) is 14.4 Å². The maximum absolute atomic E-state index is 11.8. The van der Waals surface area contributed by atoms with E-state index < -0.39 is 11.4 Å². The predicted octanol–water partition coefficient (Wildman–Crippen LogP) is 1.27. The van der Waals surface area contributed by atoms with Crippen LogP contribution in [0.4, 0.5) is 0 Å². The molecule has 96 valence electrons. The Morgan fingerprint density at radius 3 is 2.06 bits per heavy atom. The number of carboxylic acid groups (broad SMARTS) is 1. The average molecular weight is 241 g/mol. The monoisotopic (exact) mass is 241 g/mol. The number of carbonyl (C=O) groups excluding carboxylic acids is 2. The molecule has 0 aromatic carbocycles. The summed E-state index contributed by atoms with van der Waals surface area (Å²) >= 11 is 0. The van der Waals surface area contributed by atoms with Gasteiger partial charge < -0.3 is 5.11 Å². The van der Waals surface area contributed by atoms with E-state index in [1.54, 1.807) is 0 Å². The van der Waals surface area contributed by atoms with Crippen LogP contribution in [0, 0.1) is 10.8 Å². The second-order valence-electron chi connectivity index (χ2n) is 6.08. The van der Waals surface area contributed by atoms with Crippen LogP contribution < -0.4 is 0 Å². The van der Waals surface area contributed by atoms with Gasteiger partial charge in [0.2, 0.25) is 11.8 Å². The molecule has 2 amide bonds. The number of amides is 2. The molecule has 0 saturated carbocycles. The van der Waals surface area contributed by atoms with E-state index in [1.165, 1.54) is 13.8 Å². The summed E-state index contributed by atoms with van der Waals surface area (Å²) in [7, 11) is 0. The van der Waals surface area contributed by atoms with Crippen LogP contribution in [0.5, 0.6) is 0 Å². The van der Waals surface area contributed by atoms with Gasteiger partial charge in [-0.05, 0) is 19.3 Å². The fourth-order valence-corrected chi connectivity index (χ4v) is 1.85. The van der Waals surface area contributed by atoms with Gasteiger partial charge in [0.05, 0.1) is 5.41 Å². The molecule has 0 aromatic heterocycles. The van der Waals surface area contributed by atoms with Crippen molar-refractivity contribution in [3.8, 4) is 0 Å². The lowest BCUT2D eigenvalue weighted by molar-refractivity contribution is -0.157. The zero-order valence-electron chi connectivity index (χ0n) is 10.7. The minimum atomic E-state index is -1.10. The lowest BCUT2D eigenvalue weighted by Crippen LogP contribution is -2.51. The van der Waals surface area contributed by atoms with Crippen molar-refractivity contribution in [3.63, 3.8) is 0 Å². The number of aliphatic carboxylic acids is 1. The second-order valence-corrected chi connectivity index (χ2v) is 6.08. The van der Waals surface area contributed by atoms with Crippen LogP contribution >= 0.6 is 0 Å². The van der Waals surface area contributed by atoms with Crippen molar-refractivity contribution in [2.24, 2.45) is 10.8 Å². The Morgan fingerprint density at radius 1 is 1.29 bits per heavy atom. The standard InChI is InChI=1S/C12H19NO4/c1-11(2)5-8(14)13(9(15)6-11)7-12(3,4)10(16)17/h5-7H2,1-4H3,(H,16,17). The normalized spacial score (nSPS) is 20.6. The van der Waals surface area contributed by atoms with Crippen molar-refractivity contribution in [1.82, 2.24) is 4.90 Å². The van der Waals surface area contributed by atoms with E-state index >= 15 is 0 Å². The van der Waals surface area contributed by atoms with Crippen LogP contribution in [0.3, 0.4) is 0 Å². The molecule has 0 spiro atoms. The Hall–Kier alpha value is -1.39. The summed E-state index contributed by atoms with van der Waals surface area (Å²) in [4.78, 5) is 35.7. The van der Waals surface area contributed by atoms with Gasteiger partial charge >= 0.3 is 5.97 Å². The number of carbonyl (C=O) groups is 3. The number of imide groups is 1. The third-order valence-corrected chi connectivity index (χ3v) is 2.99. The zero-order valence-corrected chi connectivity index (χ0v) is 10.7. The molecule has 17 heavy (non-hydrogen) atoms. The lowest BCUT2D eigenvalue weighted by Gasteiger charge is -2.37. The third kappa shape index (κ3) is 3.05. The first-order chi connectivity index (χ1) is 7.55. The van der Waals surface area contributed by atoms with E-state index in [1.807, 2.05) is 13.8 Å². The number of piperidine rings is 1. The number of hydrogen-bond donors (Lipinski definition) is 1. The number of rotatable bonds is 3. The fourth-order valence-electron chi connectivity index (χ4n) is 1.85. The van der Waals surface area contributed by atoms with Gasteiger partial charge in [-0.2, -0.15) is 0 Å². The SMILES string of the molecule is CC1(C)CC(=O)N(CC(C)(C)C(=O)O)C(=O)C1. The van der Waals surface area contributed by atoms with Gasteiger partial charge in [0.15, 0.2) is 0 Å². The molecular weight excluding hydrogens is 222 g/mol. The third-order valence-electron chi connectivity index (χ3n) is 2.99. The maximum atomic E-state index is 11.8. The van der Waals surface area contributed by atoms with Crippen molar-refractivity contribution < 1.29 is 19.5 Å². The quantitative estimate of drug-likeness (QED) is 0.755. The van der Waals surface area contributed by atoms with Crippen LogP contribution in [0.1, 0.15) is 40.5 Å². The molecule has 1 aliphatic heterocycles. The molecule has 0 aliphatic carbocycles. The summed E-state index contributed by atoms with van der Waals surface area (Å²) in [5.74, 6) is -1.57. The Labute approximate surface area is 101 Å². The summed E-state index contributed by atoms with van der Waals surface area (Å²) in [5.41, 5.74) is -1.43. The topological polar surface area (TPSA) is 74.7 Å². The van der Waals surface area contributed by atoms with Gasteiger partial charge in [-0.1, -0.05) is 13.8 Å². The summed E-state index contributed by atoms with van der Waals surface area (Å²) in [5, 5.41) is 9.00. The Bertz CT molecular complexity index is 351. The highest BCUT2D eigenvalue weighted by atomic mass is 16.4. The van der Waals surface area contributed by atoms with Gasteiger partial charge in [0, 0.05) is 19.4 Å². The minimum absolute atomic E-state index is 0.0594. The molecule has 1 fully saturated rings. The second kappa shape index (κ2) is 4.13. The maximum Gasteiger partial charge on any atom is 0.310 e. The van der Waals surface area contributed by atoms with Crippen molar-refractivity contribution in [2.75, 3.05) is 6.54 Å². The van der Waals surface area contributed by atoms with Crippen molar-refractivity contribution >= 4 is 17.8 Å². The first-order valence-electron chi connectivity index (χ1n) is 5.62. The van der Waals surface area contributed by atoms with Crippen LogP contribution in [0.2, 0.25) is 0 Å². The first kappa shape index (κ1) is 13.7. The molecule has 0 atom stereocenters. The van der Waals surface area contributed by atoms with Crippen LogP contribution in [-0.4, -0.2) is 34.3 Å². The molecule has 1 aliphatic rings. The van der Waals surface area contributed by atoms with Crippen LogP contribution in [-0.2, 0) is 14.4 Å². The minimum Gasteiger partial charge on any atom is -0.481 e. The molecule has 1 N–H and O–H groups in total. The van der Waals surface area contributed by atoms with E-state index in [0.717, 1.165) is 4.90 Å². The first-order valence-corrected chi connectivity index (χ1v) is 5.62. The van der Waals surface area contributed by atoms with Gasteiger partial charge in [-0.25, -0.2) is 0 Å². The number of carboxylic acids is 1. The van der Waals surface area contributed by atoms with Gasteiger partial charge in [-0.15, -0.1) is 0 Å². The molecule has 1 saturated heterocycles. The van der Waals surface area contributed by atoms with Crippen molar-refractivity contribution in [1.29, 1.82) is 0 Å². The van der Waals surface area contributed by atoms with E-state index in [0.29, 0.717) is 0 Å². The van der Waals surface area contributed by atoms with Crippen LogP contribution in [0.15, 0.2) is 0 Å². The summed E-state index contributed by atoms with van der Waals surface area (Å²) in [6.45, 7) is 6.69. The highest BCUT2D eigenvalue weighted by Crippen LogP contribution is 2.33. The van der Waals surface area contributed by atoms with E-state index in [-0.39, 0.29) is 36.6 Å². The molecule has 0 radical (unpaired) electrons. The number of nitrogens with zero attached hydrogens (tertiary/aromatic N) is 1. The Morgan fingerprint density at radius 2 is 1.71 bits per heavy atom. The van der Waals surface area contributed by atoms with E-state index in [4.69, 9.17) is 5.11 Å². The molecule has 0 aromatic rings. The smallest absolute Gasteiger partial charge is 0.310 e. The lowest BCUT2D eigenvalue weighted by atomic mass is 9.80. The number of hydrogen-bond acceptors (Lipinski definition) is 3. The number of likely N-dealkylation sites (tertiary alicyclic amines) is 1. The molecule has 5 nitrogen and oxygen atoms in total. The fraction of sp³-hybridized carbons (Fsp3) is 0.750. The zero-order chi connectivity index (χ0) is 13.4. The molecule has 0 unspecified atom stereocenters. The highest BCUT2D eigenvalue weighted by Gasteiger charge is 2.41. The van der Waals surface area contributed by atoms with Gasteiger partial charge in [-0.3, -0.25) is 19.3 Å². The summed E-state index contributed by atoms with van der Waals surface area (Å²) in [6.07, 6.45) is 0.572. The Balaban J connectivity index is 2.83. The molecule has 5 heteroatoms. The summed E-state index contributed by atoms with van der Waals surface area (Å²) < 4.78 is 0. The highest BCUT2D eigenvalue weighted by molar-refractivity contribution is 5.98. The summed E-state index contributed by atoms with van der Waals surface area (Å²) in [6, 6.07) is 0. The largest absolute Gasteiger partial charge is 0.481 e. The Kier molecular flexibility index (Phi) is 3.32. The predicted molar refractivity (Wildman–Crippen MR) is 61.2 cm³/mol. The average Bonchev–Trinajstić information content (AvgIpc) is 2.09. The van der Waals surface area contributed by atoms with Gasteiger partial charge in [0.1, 0.15) is 0 Å². The van der Waals surface area contributed by atoms with Crippen molar-refractivity contribution in [2.45, 2.75) is 40.5 Å². The molecular formula is C12H19NO4. The molecule has 0 bridgehead atoms. The van der Waals surface area contributed by atoms with E-state index in [2.05, 4.69) is 0 Å². The molecule has 1 rings (SSSR count).